The normalized spacial score (nSPS) is 11.5. The Hall–Kier alpha value is -1.07. The number of benzene rings is 1. The fourth-order valence-electron chi connectivity index (χ4n) is 1.93. The molecule has 0 spiro atoms. The predicted molar refractivity (Wildman–Crippen MR) is 85.6 cm³/mol. The summed E-state index contributed by atoms with van der Waals surface area (Å²) >= 11 is 0. The quantitative estimate of drug-likeness (QED) is 0.653. The van der Waals surface area contributed by atoms with E-state index in [4.69, 9.17) is 0 Å². The first-order valence-corrected chi connectivity index (χ1v) is 9.02. The molecule has 0 atom stereocenters. The van der Waals surface area contributed by atoms with Gasteiger partial charge in [-0.1, -0.05) is 26.0 Å². The Morgan fingerprint density at radius 1 is 1.10 bits per heavy atom. The van der Waals surface area contributed by atoms with E-state index >= 15 is 0 Å². The number of sulfonamides is 1. The highest BCUT2D eigenvalue weighted by atomic mass is 32.2. The zero-order chi connectivity index (χ0) is 14.8. The van der Waals surface area contributed by atoms with E-state index < -0.39 is 10.0 Å². The monoisotopic (exact) mass is 298 g/mol. The summed E-state index contributed by atoms with van der Waals surface area (Å²) in [4.78, 5) is 0. The second kappa shape index (κ2) is 8.97. The van der Waals surface area contributed by atoms with Crippen LogP contribution in [0.2, 0.25) is 0 Å². The molecule has 0 saturated heterocycles. The molecule has 0 bridgehead atoms. The maximum Gasteiger partial charge on any atom is 0.232 e. The van der Waals surface area contributed by atoms with E-state index in [1.54, 1.807) is 6.07 Å². The summed E-state index contributed by atoms with van der Waals surface area (Å²) in [6, 6.07) is 7.56. The molecule has 0 fully saturated rings. The fourth-order valence-corrected chi connectivity index (χ4v) is 3.10. The van der Waals surface area contributed by atoms with Crippen molar-refractivity contribution in [3.8, 4) is 0 Å². The Labute approximate surface area is 123 Å². The minimum atomic E-state index is -3.23. The maximum absolute atomic E-state index is 12.0. The molecule has 0 amide bonds. The van der Waals surface area contributed by atoms with Crippen molar-refractivity contribution in [3.63, 3.8) is 0 Å². The Balaban J connectivity index is 2.37. The summed E-state index contributed by atoms with van der Waals surface area (Å²) < 4.78 is 26.6. The van der Waals surface area contributed by atoms with Crippen molar-refractivity contribution in [1.82, 2.24) is 5.32 Å². The van der Waals surface area contributed by atoms with Gasteiger partial charge in [-0.3, -0.25) is 4.72 Å². The van der Waals surface area contributed by atoms with Gasteiger partial charge in [-0.25, -0.2) is 8.42 Å². The van der Waals surface area contributed by atoms with Gasteiger partial charge in [0, 0.05) is 5.69 Å². The Kier molecular flexibility index (Phi) is 7.62. The highest BCUT2D eigenvalue weighted by Gasteiger charge is 2.09. The zero-order valence-electron chi connectivity index (χ0n) is 12.5. The van der Waals surface area contributed by atoms with Gasteiger partial charge >= 0.3 is 0 Å². The summed E-state index contributed by atoms with van der Waals surface area (Å²) in [5, 5.41) is 3.27. The number of hydrogen-bond acceptors (Lipinski definition) is 3. The zero-order valence-corrected chi connectivity index (χ0v) is 13.3. The van der Waals surface area contributed by atoms with Gasteiger partial charge in [-0.15, -0.1) is 0 Å². The van der Waals surface area contributed by atoms with Crippen LogP contribution in [0.3, 0.4) is 0 Å². The minimum absolute atomic E-state index is 0.178. The van der Waals surface area contributed by atoms with Gasteiger partial charge < -0.3 is 5.32 Å². The van der Waals surface area contributed by atoms with Gasteiger partial charge in [0.1, 0.15) is 0 Å². The molecule has 114 valence electrons. The molecule has 0 aliphatic heterocycles. The van der Waals surface area contributed by atoms with E-state index in [0.717, 1.165) is 37.9 Å². The van der Waals surface area contributed by atoms with Crippen LogP contribution in [0.4, 0.5) is 5.69 Å². The van der Waals surface area contributed by atoms with Crippen LogP contribution in [0.25, 0.3) is 0 Å². The van der Waals surface area contributed by atoms with Crippen LogP contribution < -0.4 is 10.0 Å². The summed E-state index contributed by atoms with van der Waals surface area (Å²) in [6.07, 6.45) is 3.57. The van der Waals surface area contributed by atoms with Gasteiger partial charge in [0.2, 0.25) is 10.0 Å². The van der Waals surface area contributed by atoms with E-state index in [2.05, 4.69) is 23.9 Å². The lowest BCUT2D eigenvalue weighted by atomic mass is 10.1. The smallest absolute Gasteiger partial charge is 0.232 e. The minimum Gasteiger partial charge on any atom is -0.317 e. The molecule has 2 N–H and O–H groups in total. The number of aryl methyl sites for hydroxylation is 1. The lowest BCUT2D eigenvalue weighted by Crippen LogP contribution is -2.19. The Morgan fingerprint density at radius 2 is 1.90 bits per heavy atom. The van der Waals surface area contributed by atoms with Gasteiger partial charge in [-0.2, -0.15) is 0 Å². The topological polar surface area (TPSA) is 58.2 Å². The van der Waals surface area contributed by atoms with Gasteiger partial charge in [0.25, 0.3) is 0 Å². The number of anilines is 1. The summed E-state index contributed by atoms with van der Waals surface area (Å²) in [7, 11) is -3.23. The third-order valence-corrected chi connectivity index (χ3v) is 4.42. The van der Waals surface area contributed by atoms with Crippen molar-refractivity contribution >= 4 is 15.7 Å². The van der Waals surface area contributed by atoms with E-state index in [9.17, 15) is 8.42 Å². The molecule has 20 heavy (non-hydrogen) atoms. The summed E-state index contributed by atoms with van der Waals surface area (Å²) in [5.74, 6) is 0.178. The SMILES string of the molecule is CCCNCCCCS(=O)(=O)Nc1cccc(CC)c1. The van der Waals surface area contributed by atoms with Crippen LogP contribution in [-0.2, 0) is 16.4 Å². The predicted octanol–water partition coefficient (Wildman–Crippen LogP) is 2.77. The number of hydrogen-bond donors (Lipinski definition) is 2. The van der Waals surface area contributed by atoms with Crippen LogP contribution in [-0.4, -0.2) is 27.3 Å². The van der Waals surface area contributed by atoms with E-state index in [1.807, 2.05) is 18.2 Å². The maximum atomic E-state index is 12.0. The van der Waals surface area contributed by atoms with Crippen molar-refractivity contribution in [2.45, 2.75) is 39.5 Å². The van der Waals surface area contributed by atoms with Crippen molar-refractivity contribution in [1.29, 1.82) is 0 Å². The molecule has 0 radical (unpaired) electrons. The molecule has 0 heterocycles. The highest BCUT2D eigenvalue weighted by molar-refractivity contribution is 7.92. The molecular formula is C15H26N2O2S. The summed E-state index contributed by atoms with van der Waals surface area (Å²) in [5.41, 5.74) is 1.79. The molecule has 0 saturated carbocycles. The standard InChI is InChI=1S/C15H26N2O2S/c1-3-10-16-11-5-6-12-20(18,19)17-15-9-7-8-14(4-2)13-15/h7-9,13,16-17H,3-6,10-12H2,1-2H3. The Morgan fingerprint density at radius 3 is 2.60 bits per heavy atom. The molecule has 1 rings (SSSR count). The largest absolute Gasteiger partial charge is 0.317 e. The van der Waals surface area contributed by atoms with E-state index in [1.165, 1.54) is 0 Å². The van der Waals surface area contributed by atoms with Gasteiger partial charge in [0.05, 0.1) is 5.75 Å². The third-order valence-electron chi connectivity index (χ3n) is 3.05. The molecule has 0 unspecified atom stereocenters. The molecule has 0 aliphatic rings. The molecule has 0 aromatic heterocycles. The highest BCUT2D eigenvalue weighted by Crippen LogP contribution is 2.13. The Bertz CT molecular complexity index is 486. The first kappa shape index (κ1) is 17.0. The molecule has 0 aliphatic carbocycles. The number of nitrogens with one attached hydrogen (secondary N) is 2. The number of rotatable bonds is 10. The molecule has 1 aromatic rings. The van der Waals surface area contributed by atoms with E-state index in [-0.39, 0.29) is 5.75 Å². The average Bonchev–Trinajstić information content (AvgIpc) is 2.42. The van der Waals surface area contributed by atoms with Crippen LogP contribution in [0.1, 0.15) is 38.7 Å². The van der Waals surface area contributed by atoms with Crippen molar-refractivity contribution < 1.29 is 8.42 Å². The third kappa shape index (κ3) is 6.91. The van der Waals surface area contributed by atoms with Crippen molar-refractivity contribution in [2.75, 3.05) is 23.6 Å². The molecule has 4 nitrogen and oxygen atoms in total. The van der Waals surface area contributed by atoms with E-state index in [0.29, 0.717) is 12.1 Å². The molecular weight excluding hydrogens is 272 g/mol. The van der Waals surface area contributed by atoms with Crippen LogP contribution >= 0.6 is 0 Å². The van der Waals surface area contributed by atoms with Gasteiger partial charge in [-0.05, 0) is 56.5 Å². The number of unbranched alkanes of at least 4 members (excludes halogenated alkanes) is 1. The lowest BCUT2D eigenvalue weighted by Gasteiger charge is -2.09. The fraction of sp³-hybridized carbons (Fsp3) is 0.600. The second-order valence-electron chi connectivity index (χ2n) is 4.93. The second-order valence-corrected chi connectivity index (χ2v) is 6.77. The molecule has 1 aromatic carbocycles. The van der Waals surface area contributed by atoms with Crippen molar-refractivity contribution in [3.05, 3.63) is 29.8 Å². The average molecular weight is 298 g/mol. The first-order chi connectivity index (χ1) is 9.57. The van der Waals surface area contributed by atoms with Crippen LogP contribution in [0, 0.1) is 0 Å². The van der Waals surface area contributed by atoms with Gasteiger partial charge in [0.15, 0.2) is 0 Å². The van der Waals surface area contributed by atoms with Crippen LogP contribution in [0.15, 0.2) is 24.3 Å². The van der Waals surface area contributed by atoms with Crippen LogP contribution in [0.5, 0.6) is 0 Å². The molecule has 5 heteroatoms. The van der Waals surface area contributed by atoms with Crippen molar-refractivity contribution in [2.24, 2.45) is 0 Å². The first-order valence-electron chi connectivity index (χ1n) is 7.37. The lowest BCUT2D eigenvalue weighted by molar-refractivity contribution is 0.590. The summed E-state index contributed by atoms with van der Waals surface area (Å²) in [6.45, 7) is 6.05.